The Morgan fingerprint density at radius 1 is 0.375 bits per heavy atom. The summed E-state index contributed by atoms with van der Waals surface area (Å²) in [7, 11) is 0. The van der Waals surface area contributed by atoms with Crippen molar-refractivity contribution in [3.05, 3.63) is 214 Å². The van der Waals surface area contributed by atoms with Gasteiger partial charge in [-0.1, -0.05) is 186 Å². The van der Waals surface area contributed by atoms with Crippen molar-refractivity contribution in [2.24, 2.45) is 10.8 Å². The van der Waals surface area contributed by atoms with Gasteiger partial charge in [-0.3, -0.25) is 0 Å². The number of hydrogen-bond acceptors (Lipinski definition) is 2. The van der Waals surface area contributed by atoms with Crippen molar-refractivity contribution < 1.29 is 70.7 Å². The third-order valence-electron chi connectivity index (χ3n) is 17.3. The second-order valence-electron chi connectivity index (χ2n) is 21.1. The summed E-state index contributed by atoms with van der Waals surface area (Å²) < 4.78 is 58.8. The third-order valence-corrected chi connectivity index (χ3v) is 17.3. The Bertz CT molecular complexity index is 2260. The van der Waals surface area contributed by atoms with E-state index in [1.54, 1.807) is 0 Å². The van der Waals surface area contributed by atoms with Crippen LogP contribution in [0.3, 0.4) is 0 Å². The van der Waals surface area contributed by atoms with Crippen molar-refractivity contribution >= 4 is 0 Å². The molecule has 6 heterocycles. The van der Waals surface area contributed by atoms with Gasteiger partial charge in [-0.15, -0.1) is 0 Å². The number of nitrogens with zero attached hydrogens (tertiary/aromatic N) is 2. The highest BCUT2D eigenvalue weighted by molar-refractivity contribution is 5.41. The number of rotatable bonds is 15. The largest absolute Gasteiger partial charge is 1.00 e. The lowest BCUT2D eigenvalue weighted by Gasteiger charge is -2.60. The zero-order valence-corrected chi connectivity index (χ0v) is 45.4. The number of quaternary nitrogens is 2. The number of fused-ring (bicyclic) bond motifs is 6. The topological polar surface area (TPSA) is 40.5 Å². The van der Waals surface area contributed by atoms with Gasteiger partial charge >= 0.3 is 0 Å². The van der Waals surface area contributed by atoms with Crippen LogP contribution in [0.1, 0.15) is 124 Å². The Hall–Kier alpha value is -4.16. The van der Waals surface area contributed by atoms with E-state index in [1.807, 2.05) is 121 Å². The van der Waals surface area contributed by atoms with Gasteiger partial charge in [0.1, 0.15) is 47.6 Å². The van der Waals surface area contributed by atoms with Gasteiger partial charge in [0, 0.05) is 49.4 Å². The van der Waals surface area contributed by atoms with Crippen LogP contribution in [0.5, 0.6) is 0 Å². The summed E-state index contributed by atoms with van der Waals surface area (Å²) in [6, 6.07) is 48.1. The Balaban J connectivity index is 0.000000200. The van der Waals surface area contributed by atoms with Gasteiger partial charge in [0.05, 0.1) is 50.4 Å². The van der Waals surface area contributed by atoms with Gasteiger partial charge in [-0.2, -0.15) is 0 Å². The first-order valence-corrected chi connectivity index (χ1v) is 26.1. The van der Waals surface area contributed by atoms with E-state index in [2.05, 4.69) is 13.8 Å². The van der Waals surface area contributed by atoms with Crippen molar-refractivity contribution in [1.29, 1.82) is 0 Å². The van der Waals surface area contributed by atoms with Gasteiger partial charge in [-0.25, -0.2) is 17.6 Å². The molecular formula is C62H74Br2F4N2O2. The van der Waals surface area contributed by atoms with Gasteiger partial charge in [-0.05, 0) is 46.5 Å². The molecule has 6 aliphatic heterocycles. The first kappa shape index (κ1) is 57.1. The number of piperidine rings is 6. The number of unbranched alkanes of at least 4 members (excludes halogenated alkanes) is 5. The van der Waals surface area contributed by atoms with Crippen LogP contribution in [-0.2, 0) is 24.3 Å². The molecule has 10 heteroatoms. The molecule has 386 valence electrons. The molecule has 6 saturated heterocycles. The first-order chi connectivity index (χ1) is 33.9. The predicted octanol–water partition coefficient (Wildman–Crippen LogP) is 8.18. The normalized spacial score (nSPS) is 23.1. The fourth-order valence-electron chi connectivity index (χ4n) is 12.9. The maximum atomic E-state index is 14.3. The Morgan fingerprint density at radius 3 is 0.833 bits per heavy atom. The van der Waals surface area contributed by atoms with Crippen molar-refractivity contribution in [2.75, 3.05) is 39.3 Å². The molecular weight excluding hydrogens is 1040 g/mol. The zero-order chi connectivity index (χ0) is 49.3. The Morgan fingerprint density at radius 2 is 0.611 bits per heavy atom. The lowest BCUT2D eigenvalue weighted by molar-refractivity contribution is -0.958. The van der Waals surface area contributed by atoms with Gasteiger partial charge in [0.15, 0.2) is 0 Å². The second kappa shape index (κ2) is 24.9. The highest BCUT2D eigenvalue weighted by Gasteiger charge is 2.62. The van der Waals surface area contributed by atoms with Crippen LogP contribution in [0.25, 0.3) is 0 Å². The van der Waals surface area contributed by atoms with Crippen molar-refractivity contribution in [3.8, 4) is 0 Å². The van der Waals surface area contributed by atoms with E-state index < -0.39 is 34.5 Å². The van der Waals surface area contributed by atoms with E-state index in [4.69, 9.17) is 0 Å². The van der Waals surface area contributed by atoms with E-state index >= 15 is 0 Å². The van der Waals surface area contributed by atoms with Crippen LogP contribution < -0.4 is 34.0 Å². The summed E-state index contributed by atoms with van der Waals surface area (Å²) in [6.45, 7) is 10.2. The molecule has 12 rings (SSSR count). The molecule has 0 atom stereocenters. The molecule has 0 amide bonds. The van der Waals surface area contributed by atoms with E-state index in [1.165, 1.54) is 74.9 Å². The molecule has 2 N–H and O–H groups in total. The summed E-state index contributed by atoms with van der Waals surface area (Å²) in [4.78, 5) is 0. The number of benzene rings is 6. The van der Waals surface area contributed by atoms with E-state index in [9.17, 15) is 27.8 Å². The first-order valence-electron chi connectivity index (χ1n) is 26.1. The van der Waals surface area contributed by atoms with Gasteiger partial charge < -0.3 is 53.1 Å². The van der Waals surface area contributed by atoms with Crippen molar-refractivity contribution in [1.82, 2.24) is 0 Å². The minimum Gasteiger partial charge on any atom is -1.00 e. The highest BCUT2D eigenvalue weighted by Crippen LogP contribution is 2.59. The van der Waals surface area contributed by atoms with Crippen LogP contribution in [0, 0.1) is 34.1 Å². The molecule has 0 spiro atoms. The van der Waals surface area contributed by atoms with Crippen LogP contribution in [-0.4, -0.2) is 58.4 Å². The minimum atomic E-state index is -1.09. The van der Waals surface area contributed by atoms with E-state index in [0.717, 1.165) is 100 Å². The molecule has 0 saturated carbocycles. The zero-order valence-electron chi connectivity index (χ0n) is 42.2. The fourth-order valence-corrected chi connectivity index (χ4v) is 12.9. The molecule has 0 radical (unpaired) electrons. The quantitative estimate of drug-likeness (QED) is 0.0620. The molecule has 72 heavy (non-hydrogen) atoms. The monoisotopic (exact) mass is 1110 g/mol. The number of aliphatic hydroxyl groups is 2. The van der Waals surface area contributed by atoms with Gasteiger partial charge in [0.2, 0.25) is 0 Å². The molecule has 4 nitrogen and oxygen atoms in total. The lowest BCUT2D eigenvalue weighted by Crippen LogP contribution is -3.00. The van der Waals surface area contributed by atoms with E-state index in [0.29, 0.717) is 22.1 Å². The van der Waals surface area contributed by atoms with Crippen LogP contribution in [0.2, 0.25) is 0 Å². The smallest absolute Gasteiger partial charge is 0.135 e. The van der Waals surface area contributed by atoms with Crippen LogP contribution >= 0.6 is 0 Å². The Kier molecular flexibility index (Phi) is 19.8. The van der Waals surface area contributed by atoms with Crippen molar-refractivity contribution in [2.45, 2.75) is 115 Å². The summed E-state index contributed by atoms with van der Waals surface area (Å²) in [5.41, 5.74) is 1.31. The molecule has 0 unspecified atom stereocenters. The predicted molar refractivity (Wildman–Crippen MR) is 273 cm³/mol. The van der Waals surface area contributed by atoms with Crippen molar-refractivity contribution in [3.63, 3.8) is 0 Å². The molecule has 4 bridgehead atoms. The molecule has 6 aromatic carbocycles. The highest BCUT2D eigenvalue weighted by atomic mass is 79.9. The summed E-state index contributed by atoms with van der Waals surface area (Å²) in [5, 5.41) is 24.8. The molecule has 6 aromatic rings. The standard InChI is InChI=1S/2C27H28F2NO.C8H18.2BrH/c2*28-24-12-7-13-25(29)23(24)20-30-17-14-26(15-18-30,16-19-30)27(31,21-8-3-1-4-9-21)22-10-5-2-6-11-22;1-3-5-7-8-6-4-2;;/h2*1-13,31H,14-20H2;3-8H2,1-2H3;2*1H/q2*+1;;;/p-2. The van der Waals surface area contributed by atoms with Gasteiger partial charge in [0.25, 0.3) is 0 Å². The summed E-state index contributed by atoms with van der Waals surface area (Å²) in [6.07, 6.45) is 13.4. The third kappa shape index (κ3) is 11.5. The molecule has 0 aromatic heterocycles. The molecule has 6 aliphatic rings. The van der Waals surface area contributed by atoms with E-state index in [-0.39, 0.29) is 55.9 Å². The number of hydrogen-bond donors (Lipinski definition) is 2. The number of halogens is 6. The Labute approximate surface area is 447 Å². The van der Waals surface area contributed by atoms with Crippen LogP contribution in [0.4, 0.5) is 17.6 Å². The average molecular weight is 1120 g/mol. The van der Waals surface area contributed by atoms with Crippen LogP contribution in [0.15, 0.2) is 158 Å². The SMILES string of the molecule is CCCCCCCC.OC(c1ccccc1)(c1ccccc1)C12CC[N+](Cc3c(F)cccc3F)(CC1)CC2.OC(c1ccccc1)(c1ccccc1)C12CC[N+](Cc3c(F)cccc3F)(CC1)CC2.[Br-].[Br-]. The summed E-state index contributed by atoms with van der Waals surface area (Å²) >= 11 is 0. The maximum absolute atomic E-state index is 14.3. The molecule has 6 fully saturated rings. The molecule has 0 aliphatic carbocycles. The average Bonchev–Trinajstić information content (AvgIpc) is 3.42. The minimum absolute atomic E-state index is 0. The maximum Gasteiger partial charge on any atom is 0.135 e. The lowest BCUT2D eigenvalue weighted by atomic mass is 9.56. The summed E-state index contributed by atoms with van der Waals surface area (Å²) in [5.74, 6) is -1.83. The second-order valence-corrected chi connectivity index (χ2v) is 21.1. The fraction of sp³-hybridized carbons (Fsp3) is 0.419.